The standard InChI is InChI=1S/C19H19NO3/c1-13-9-14(2)11-16(10-13)19(22)23-12-18(21)20-8-7-15-5-3-4-6-17(15)20/h3-6,9-11H,7-8,12H2,1-2H3. The minimum atomic E-state index is -0.461. The quantitative estimate of drug-likeness (QED) is 0.819. The first-order chi connectivity index (χ1) is 11.0. The Hall–Kier alpha value is -2.62. The van der Waals surface area contributed by atoms with Crippen molar-refractivity contribution in [2.45, 2.75) is 20.3 Å². The number of carbonyl (C=O) groups excluding carboxylic acids is 2. The van der Waals surface area contributed by atoms with Gasteiger partial charge in [-0.2, -0.15) is 0 Å². The van der Waals surface area contributed by atoms with Gasteiger partial charge in [-0.25, -0.2) is 4.79 Å². The molecule has 0 unspecified atom stereocenters. The fourth-order valence-electron chi connectivity index (χ4n) is 2.98. The van der Waals surface area contributed by atoms with Gasteiger partial charge in [-0.3, -0.25) is 4.79 Å². The van der Waals surface area contributed by atoms with Gasteiger partial charge in [-0.05, 0) is 44.0 Å². The van der Waals surface area contributed by atoms with Crippen LogP contribution < -0.4 is 4.90 Å². The number of esters is 1. The summed E-state index contributed by atoms with van der Waals surface area (Å²) in [6.45, 7) is 4.26. The third-order valence-corrected chi connectivity index (χ3v) is 3.97. The minimum Gasteiger partial charge on any atom is -0.452 e. The number of fused-ring (bicyclic) bond motifs is 1. The van der Waals surface area contributed by atoms with Gasteiger partial charge in [0.05, 0.1) is 5.56 Å². The van der Waals surface area contributed by atoms with E-state index in [-0.39, 0.29) is 12.5 Å². The second-order valence-corrected chi connectivity index (χ2v) is 5.88. The summed E-state index contributed by atoms with van der Waals surface area (Å²) in [7, 11) is 0. The van der Waals surface area contributed by atoms with Crippen LogP contribution in [0.1, 0.15) is 27.0 Å². The lowest BCUT2D eigenvalue weighted by Gasteiger charge is -2.17. The summed E-state index contributed by atoms with van der Waals surface area (Å²) in [6.07, 6.45) is 0.840. The molecule has 0 fully saturated rings. The Labute approximate surface area is 135 Å². The zero-order chi connectivity index (χ0) is 16.4. The number of nitrogens with zero attached hydrogens (tertiary/aromatic N) is 1. The van der Waals surface area contributed by atoms with Crippen molar-refractivity contribution in [3.8, 4) is 0 Å². The maximum Gasteiger partial charge on any atom is 0.338 e. The second-order valence-electron chi connectivity index (χ2n) is 5.88. The summed E-state index contributed by atoms with van der Waals surface area (Å²) >= 11 is 0. The van der Waals surface area contributed by atoms with E-state index in [4.69, 9.17) is 4.74 Å². The van der Waals surface area contributed by atoms with E-state index in [9.17, 15) is 9.59 Å². The van der Waals surface area contributed by atoms with Crippen LogP contribution in [-0.2, 0) is 16.0 Å². The van der Waals surface area contributed by atoms with Gasteiger partial charge in [0.25, 0.3) is 5.91 Å². The molecular weight excluding hydrogens is 290 g/mol. The molecule has 0 radical (unpaired) electrons. The monoisotopic (exact) mass is 309 g/mol. The number of ether oxygens (including phenoxy) is 1. The molecule has 0 aliphatic carbocycles. The maximum absolute atomic E-state index is 12.3. The smallest absolute Gasteiger partial charge is 0.338 e. The van der Waals surface area contributed by atoms with E-state index in [1.54, 1.807) is 17.0 Å². The Kier molecular flexibility index (Phi) is 4.15. The summed E-state index contributed by atoms with van der Waals surface area (Å²) in [4.78, 5) is 26.1. The molecule has 0 saturated heterocycles. The molecule has 4 heteroatoms. The van der Waals surface area contributed by atoms with Crippen LogP contribution in [0.15, 0.2) is 42.5 Å². The minimum absolute atomic E-state index is 0.187. The molecule has 2 aromatic rings. The molecule has 0 bridgehead atoms. The van der Waals surface area contributed by atoms with E-state index in [1.807, 2.05) is 44.2 Å². The fraction of sp³-hybridized carbons (Fsp3) is 0.263. The third-order valence-electron chi connectivity index (χ3n) is 3.97. The molecule has 1 aliphatic heterocycles. The molecule has 0 spiro atoms. The van der Waals surface area contributed by atoms with Gasteiger partial charge in [0.1, 0.15) is 0 Å². The largest absolute Gasteiger partial charge is 0.452 e. The maximum atomic E-state index is 12.3. The number of rotatable bonds is 3. The normalized spacial score (nSPS) is 12.9. The molecule has 118 valence electrons. The van der Waals surface area contributed by atoms with Crippen molar-refractivity contribution >= 4 is 17.6 Å². The first-order valence-corrected chi connectivity index (χ1v) is 7.68. The van der Waals surface area contributed by atoms with E-state index in [2.05, 4.69) is 0 Å². The van der Waals surface area contributed by atoms with Crippen LogP contribution in [-0.4, -0.2) is 25.0 Å². The van der Waals surface area contributed by atoms with E-state index in [0.29, 0.717) is 12.1 Å². The van der Waals surface area contributed by atoms with Crippen LogP contribution >= 0.6 is 0 Å². The van der Waals surface area contributed by atoms with Crippen LogP contribution in [0, 0.1) is 13.8 Å². The Morgan fingerprint density at radius 1 is 1.09 bits per heavy atom. The molecule has 0 N–H and O–H groups in total. The average Bonchev–Trinajstić information content (AvgIpc) is 2.95. The third kappa shape index (κ3) is 3.26. The lowest BCUT2D eigenvalue weighted by atomic mass is 10.1. The SMILES string of the molecule is Cc1cc(C)cc(C(=O)OCC(=O)N2CCc3ccccc32)c1. The average molecular weight is 309 g/mol. The number of anilines is 1. The van der Waals surface area contributed by atoms with Crippen LogP contribution in [0.5, 0.6) is 0 Å². The van der Waals surface area contributed by atoms with E-state index < -0.39 is 5.97 Å². The number of hydrogen-bond donors (Lipinski definition) is 0. The van der Waals surface area contributed by atoms with Gasteiger partial charge in [-0.1, -0.05) is 35.4 Å². The van der Waals surface area contributed by atoms with Crippen molar-refractivity contribution in [2.75, 3.05) is 18.1 Å². The highest BCUT2D eigenvalue weighted by Crippen LogP contribution is 2.27. The molecule has 1 amide bonds. The first kappa shape index (κ1) is 15.3. The molecule has 23 heavy (non-hydrogen) atoms. The highest BCUT2D eigenvalue weighted by atomic mass is 16.5. The van der Waals surface area contributed by atoms with E-state index in [0.717, 1.165) is 28.8 Å². The number of amides is 1. The number of hydrogen-bond acceptors (Lipinski definition) is 3. The second kappa shape index (κ2) is 6.24. The number of benzene rings is 2. The molecule has 3 rings (SSSR count). The molecule has 0 saturated carbocycles. The van der Waals surface area contributed by atoms with Crippen LogP contribution in [0.3, 0.4) is 0 Å². The fourth-order valence-corrected chi connectivity index (χ4v) is 2.98. The van der Waals surface area contributed by atoms with Crippen molar-refractivity contribution in [2.24, 2.45) is 0 Å². The van der Waals surface area contributed by atoms with E-state index in [1.165, 1.54) is 0 Å². The Bertz CT molecular complexity index is 747. The zero-order valence-corrected chi connectivity index (χ0v) is 13.3. The van der Waals surface area contributed by atoms with Crippen LogP contribution in [0.25, 0.3) is 0 Å². The molecule has 1 heterocycles. The van der Waals surface area contributed by atoms with Crippen LogP contribution in [0.4, 0.5) is 5.69 Å². The highest BCUT2D eigenvalue weighted by molar-refractivity contribution is 5.98. The summed E-state index contributed by atoms with van der Waals surface area (Å²) in [5.74, 6) is -0.648. The van der Waals surface area contributed by atoms with Crippen molar-refractivity contribution < 1.29 is 14.3 Å². The summed E-state index contributed by atoms with van der Waals surface area (Å²) in [5, 5.41) is 0. The summed E-state index contributed by atoms with van der Waals surface area (Å²) in [5.41, 5.74) is 4.55. The molecule has 4 nitrogen and oxygen atoms in total. The van der Waals surface area contributed by atoms with Crippen molar-refractivity contribution in [1.29, 1.82) is 0 Å². The van der Waals surface area contributed by atoms with Gasteiger partial charge >= 0.3 is 5.97 Å². The molecule has 1 aliphatic rings. The highest BCUT2D eigenvalue weighted by Gasteiger charge is 2.25. The summed E-state index contributed by atoms with van der Waals surface area (Å²) < 4.78 is 5.20. The van der Waals surface area contributed by atoms with Crippen molar-refractivity contribution in [1.82, 2.24) is 0 Å². The topological polar surface area (TPSA) is 46.6 Å². The van der Waals surface area contributed by atoms with Gasteiger partial charge in [-0.15, -0.1) is 0 Å². The predicted molar refractivity (Wildman–Crippen MR) is 88.7 cm³/mol. The molecule has 0 aromatic heterocycles. The van der Waals surface area contributed by atoms with Gasteiger partial charge in [0.2, 0.25) is 0 Å². The Balaban J connectivity index is 1.64. The molecular formula is C19H19NO3. The Morgan fingerprint density at radius 2 is 1.78 bits per heavy atom. The van der Waals surface area contributed by atoms with Crippen LogP contribution in [0.2, 0.25) is 0 Å². The predicted octanol–water partition coefficient (Wildman–Crippen LogP) is 3.05. The Morgan fingerprint density at radius 3 is 2.52 bits per heavy atom. The lowest BCUT2D eigenvalue weighted by Crippen LogP contribution is -2.33. The zero-order valence-electron chi connectivity index (χ0n) is 13.3. The molecule has 2 aromatic carbocycles. The number of para-hydroxylation sites is 1. The van der Waals surface area contributed by atoms with Crippen molar-refractivity contribution in [3.63, 3.8) is 0 Å². The van der Waals surface area contributed by atoms with Gasteiger partial charge < -0.3 is 9.64 Å². The van der Waals surface area contributed by atoms with Gasteiger partial charge in [0.15, 0.2) is 6.61 Å². The summed E-state index contributed by atoms with van der Waals surface area (Å²) in [6, 6.07) is 13.3. The number of carbonyl (C=O) groups is 2. The van der Waals surface area contributed by atoms with Gasteiger partial charge in [0, 0.05) is 12.2 Å². The van der Waals surface area contributed by atoms with E-state index >= 15 is 0 Å². The first-order valence-electron chi connectivity index (χ1n) is 7.68. The number of aryl methyl sites for hydroxylation is 2. The van der Waals surface area contributed by atoms with Crippen molar-refractivity contribution in [3.05, 3.63) is 64.7 Å². The lowest BCUT2D eigenvalue weighted by molar-refractivity contribution is -0.121. The molecule has 0 atom stereocenters.